The van der Waals surface area contributed by atoms with Gasteiger partial charge < -0.3 is 10.1 Å². The Hall–Kier alpha value is -1.11. The lowest BCUT2D eigenvalue weighted by Crippen LogP contribution is -2.32. The summed E-state index contributed by atoms with van der Waals surface area (Å²) in [5, 5.41) is 3.01. The number of hydrogen-bond donors (Lipinski definition) is 2. The zero-order chi connectivity index (χ0) is 15.9. The molecule has 0 bridgehead atoms. The van der Waals surface area contributed by atoms with E-state index >= 15 is 0 Å². The molecule has 21 heavy (non-hydrogen) atoms. The minimum atomic E-state index is -3.58. The Morgan fingerprint density at radius 3 is 2.62 bits per heavy atom. The first-order valence-corrected chi connectivity index (χ1v) is 8.76. The van der Waals surface area contributed by atoms with Gasteiger partial charge in [-0.1, -0.05) is 25.8 Å². The van der Waals surface area contributed by atoms with Gasteiger partial charge in [-0.05, 0) is 38.1 Å². The van der Waals surface area contributed by atoms with Gasteiger partial charge in [0.2, 0.25) is 10.0 Å². The first-order valence-electron chi connectivity index (χ1n) is 7.28. The molecular weight excluding hydrogens is 288 g/mol. The van der Waals surface area contributed by atoms with Crippen LogP contribution in [0.5, 0.6) is 5.75 Å². The average molecular weight is 314 g/mol. The second-order valence-electron chi connectivity index (χ2n) is 5.18. The highest BCUT2D eigenvalue weighted by Crippen LogP contribution is 2.25. The summed E-state index contributed by atoms with van der Waals surface area (Å²) in [5.74, 6) is 0.366. The molecule has 0 radical (unpaired) electrons. The molecule has 0 saturated carbocycles. The third-order valence-electron chi connectivity index (χ3n) is 3.25. The fourth-order valence-corrected chi connectivity index (χ4v) is 3.64. The van der Waals surface area contributed by atoms with Crippen LogP contribution in [0.4, 0.5) is 0 Å². The van der Waals surface area contributed by atoms with Crippen LogP contribution in [0.15, 0.2) is 23.1 Å². The van der Waals surface area contributed by atoms with Crippen LogP contribution in [0, 0.1) is 0 Å². The molecule has 0 saturated heterocycles. The van der Waals surface area contributed by atoms with Gasteiger partial charge in [-0.2, -0.15) is 0 Å². The van der Waals surface area contributed by atoms with Crippen molar-refractivity contribution < 1.29 is 13.2 Å². The van der Waals surface area contributed by atoms with Crippen molar-refractivity contribution in [1.29, 1.82) is 0 Å². The highest BCUT2D eigenvalue weighted by molar-refractivity contribution is 7.89. The number of nitrogens with one attached hydrogen (secondary N) is 2. The van der Waals surface area contributed by atoms with Crippen molar-refractivity contribution in [2.24, 2.45) is 0 Å². The van der Waals surface area contributed by atoms with Gasteiger partial charge in [0, 0.05) is 12.6 Å². The van der Waals surface area contributed by atoms with Gasteiger partial charge in [0.05, 0.1) is 7.11 Å². The number of hydrogen-bond acceptors (Lipinski definition) is 4. The second kappa shape index (κ2) is 8.36. The smallest absolute Gasteiger partial charge is 0.244 e. The highest BCUT2D eigenvalue weighted by atomic mass is 32.2. The maximum absolute atomic E-state index is 12.5. The maximum atomic E-state index is 12.5. The van der Waals surface area contributed by atoms with Crippen molar-refractivity contribution in [3.05, 3.63) is 23.8 Å². The number of unbranched alkanes of at least 4 members (excludes halogenated alkanes) is 1. The largest absolute Gasteiger partial charge is 0.495 e. The lowest BCUT2D eigenvalue weighted by molar-refractivity contribution is 0.401. The van der Waals surface area contributed by atoms with E-state index in [1.807, 2.05) is 20.0 Å². The van der Waals surface area contributed by atoms with E-state index in [1.165, 1.54) is 7.11 Å². The summed E-state index contributed by atoms with van der Waals surface area (Å²) in [5.41, 5.74) is 0.903. The first kappa shape index (κ1) is 17.9. The van der Waals surface area contributed by atoms with Crippen LogP contribution >= 0.6 is 0 Å². The molecule has 0 amide bonds. The van der Waals surface area contributed by atoms with Crippen LogP contribution in [0.25, 0.3) is 0 Å². The molecular formula is C15H26N2O3S. The minimum absolute atomic E-state index is 0.0902. The Morgan fingerprint density at radius 2 is 2.05 bits per heavy atom. The average Bonchev–Trinajstić information content (AvgIpc) is 2.45. The summed E-state index contributed by atoms with van der Waals surface area (Å²) >= 11 is 0. The Labute approximate surface area is 128 Å². The van der Waals surface area contributed by atoms with Gasteiger partial charge in [-0.15, -0.1) is 0 Å². The standard InChI is InChI=1S/C15H26N2O3S/c1-5-6-7-12(2)17-21(18,19)15-10-13(11-16-3)8-9-14(15)20-4/h8-10,12,16-17H,5-7,11H2,1-4H3. The fraction of sp³-hybridized carbons (Fsp3) is 0.600. The van der Waals surface area contributed by atoms with Crippen molar-refractivity contribution in [2.45, 2.75) is 50.6 Å². The molecule has 120 valence electrons. The quantitative estimate of drug-likeness (QED) is 0.734. The molecule has 1 rings (SSSR count). The van der Waals surface area contributed by atoms with E-state index in [-0.39, 0.29) is 10.9 Å². The second-order valence-corrected chi connectivity index (χ2v) is 6.86. The van der Waals surface area contributed by atoms with Gasteiger partial charge in [-0.25, -0.2) is 13.1 Å². The molecule has 0 aliphatic carbocycles. The first-order chi connectivity index (χ1) is 9.94. The van der Waals surface area contributed by atoms with E-state index in [4.69, 9.17) is 4.74 Å². The van der Waals surface area contributed by atoms with Crippen LogP contribution in [0.2, 0.25) is 0 Å². The molecule has 1 unspecified atom stereocenters. The molecule has 0 heterocycles. The summed E-state index contributed by atoms with van der Waals surface area (Å²) < 4.78 is 33.0. The molecule has 2 N–H and O–H groups in total. The van der Waals surface area contributed by atoms with Gasteiger partial charge in [-0.3, -0.25) is 0 Å². The third-order valence-corrected chi connectivity index (χ3v) is 4.86. The summed E-state index contributed by atoms with van der Waals surface area (Å²) in [6.45, 7) is 4.58. The fourth-order valence-electron chi connectivity index (χ4n) is 2.14. The molecule has 1 aromatic rings. The Bertz CT molecular complexity index is 544. The van der Waals surface area contributed by atoms with Crippen LogP contribution in [-0.4, -0.2) is 28.6 Å². The van der Waals surface area contributed by atoms with Gasteiger partial charge in [0.15, 0.2) is 0 Å². The van der Waals surface area contributed by atoms with Crippen molar-refractivity contribution in [2.75, 3.05) is 14.2 Å². The molecule has 1 atom stereocenters. The number of benzene rings is 1. The van der Waals surface area contributed by atoms with E-state index in [0.29, 0.717) is 12.3 Å². The maximum Gasteiger partial charge on any atom is 0.244 e. The van der Waals surface area contributed by atoms with Crippen LogP contribution in [0.1, 0.15) is 38.7 Å². The van der Waals surface area contributed by atoms with Crippen molar-refractivity contribution in [1.82, 2.24) is 10.0 Å². The van der Waals surface area contributed by atoms with Crippen LogP contribution in [-0.2, 0) is 16.6 Å². The zero-order valence-corrected chi connectivity index (χ0v) is 14.1. The van der Waals surface area contributed by atoms with E-state index in [9.17, 15) is 8.42 Å². The number of methoxy groups -OCH3 is 1. The Morgan fingerprint density at radius 1 is 1.33 bits per heavy atom. The molecule has 0 aromatic heterocycles. The lowest BCUT2D eigenvalue weighted by Gasteiger charge is -2.16. The molecule has 1 aromatic carbocycles. The highest BCUT2D eigenvalue weighted by Gasteiger charge is 2.22. The summed E-state index contributed by atoms with van der Waals surface area (Å²) in [6.07, 6.45) is 2.88. The van der Waals surface area contributed by atoms with Crippen molar-refractivity contribution in [3.8, 4) is 5.75 Å². The van der Waals surface area contributed by atoms with Gasteiger partial charge in [0.1, 0.15) is 10.6 Å². The predicted molar refractivity (Wildman–Crippen MR) is 85.1 cm³/mol. The van der Waals surface area contributed by atoms with Gasteiger partial charge >= 0.3 is 0 Å². The summed E-state index contributed by atoms with van der Waals surface area (Å²) in [4.78, 5) is 0.195. The molecule has 0 spiro atoms. The molecule has 0 fully saturated rings. The third kappa shape index (κ3) is 5.30. The summed E-state index contributed by atoms with van der Waals surface area (Å²) in [6, 6.07) is 5.12. The normalized spacial score (nSPS) is 13.1. The van der Waals surface area contributed by atoms with Crippen molar-refractivity contribution >= 4 is 10.0 Å². The number of sulfonamides is 1. The van der Waals surface area contributed by atoms with E-state index in [0.717, 1.165) is 24.8 Å². The van der Waals surface area contributed by atoms with Crippen LogP contribution < -0.4 is 14.8 Å². The molecule has 0 aliphatic heterocycles. The SMILES string of the molecule is CCCCC(C)NS(=O)(=O)c1cc(CNC)ccc1OC. The summed E-state index contributed by atoms with van der Waals surface area (Å²) in [7, 11) is -0.275. The molecule has 5 nitrogen and oxygen atoms in total. The molecule has 0 aliphatic rings. The monoisotopic (exact) mass is 314 g/mol. The Kier molecular flexibility index (Phi) is 7.14. The van der Waals surface area contributed by atoms with E-state index < -0.39 is 10.0 Å². The Balaban J connectivity index is 3.02. The van der Waals surface area contributed by atoms with E-state index in [1.54, 1.807) is 12.1 Å². The topological polar surface area (TPSA) is 67.4 Å². The number of ether oxygens (including phenoxy) is 1. The van der Waals surface area contributed by atoms with Gasteiger partial charge in [0.25, 0.3) is 0 Å². The number of rotatable bonds is 9. The van der Waals surface area contributed by atoms with Crippen molar-refractivity contribution in [3.63, 3.8) is 0 Å². The van der Waals surface area contributed by atoms with E-state index in [2.05, 4.69) is 17.0 Å². The predicted octanol–water partition coefficient (Wildman–Crippen LogP) is 2.27. The zero-order valence-electron chi connectivity index (χ0n) is 13.3. The van der Waals surface area contributed by atoms with Crippen LogP contribution in [0.3, 0.4) is 0 Å². The lowest BCUT2D eigenvalue weighted by atomic mass is 10.2. The minimum Gasteiger partial charge on any atom is -0.495 e. The molecule has 6 heteroatoms.